The van der Waals surface area contributed by atoms with Crippen LogP contribution in [0.3, 0.4) is 0 Å². The SMILES string of the molecule is N#CCOc1ccccc1CNc1ccc(F)c(F)c1. The molecular weight excluding hydrogens is 262 g/mol. The number of rotatable bonds is 5. The second-order valence-electron chi connectivity index (χ2n) is 4.04. The van der Waals surface area contributed by atoms with Crippen molar-refractivity contribution in [1.82, 2.24) is 0 Å². The van der Waals surface area contributed by atoms with Crippen LogP contribution in [0.1, 0.15) is 5.56 Å². The zero-order valence-corrected chi connectivity index (χ0v) is 10.6. The molecule has 0 spiro atoms. The van der Waals surface area contributed by atoms with Gasteiger partial charge in [-0.05, 0) is 18.2 Å². The Balaban J connectivity index is 2.06. The summed E-state index contributed by atoms with van der Waals surface area (Å²) >= 11 is 0. The van der Waals surface area contributed by atoms with Crippen molar-refractivity contribution in [2.75, 3.05) is 11.9 Å². The van der Waals surface area contributed by atoms with Gasteiger partial charge in [-0.1, -0.05) is 18.2 Å². The van der Waals surface area contributed by atoms with E-state index in [0.29, 0.717) is 18.0 Å². The molecular formula is C15H12F2N2O. The van der Waals surface area contributed by atoms with Crippen LogP contribution in [0, 0.1) is 23.0 Å². The molecule has 0 aromatic heterocycles. The highest BCUT2D eigenvalue weighted by molar-refractivity contribution is 5.45. The Morgan fingerprint density at radius 2 is 1.90 bits per heavy atom. The van der Waals surface area contributed by atoms with Gasteiger partial charge >= 0.3 is 0 Å². The number of halogens is 2. The average molecular weight is 274 g/mol. The van der Waals surface area contributed by atoms with E-state index in [2.05, 4.69) is 5.32 Å². The van der Waals surface area contributed by atoms with Crippen LogP contribution in [0.4, 0.5) is 14.5 Å². The third-order valence-corrected chi connectivity index (χ3v) is 2.67. The van der Waals surface area contributed by atoms with Gasteiger partial charge in [0.25, 0.3) is 0 Å². The van der Waals surface area contributed by atoms with Gasteiger partial charge in [-0.3, -0.25) is 0 Å². The normalized spacial score (nSPS) is 9.85. The van der Waals surface area contributed by atoms with Gasteiger partial charge in [-0.2, -0.15) is 5.26 Å². The molecule has 2 rings (SSSR count). The zero-order valence-electron chi connectivity index (χ0n) is 10.6. The van der Waals surface area contributed by atoms with E-state index in [-0.39, 0.29) is 6.61 Å². The van der Waals surface area contributed by atoms with Crippen LogP contribution in [0.5, 0.6) is 5.75 Å². The molecule has 102 valence electrons. The summed E-state index contributed by atoms with van der Waals surface area (Å²) in [4.78, 5) is 0. The first kappa shape index (κ1) is 13.8. The van der Waals surface area contributed by atoms with Gasteiger partial charge in [0.1, 0.15) is 11.8 Å². The van der Waals surface area contributed by atoms with Gasteiger partial charge in [-0.25, -0.2) is 8.78 Å². The van der Waals surface area contributed by atoms with Crippen LogP contribution in [0.2, 0.25) is 0 Å². The summed E-state index contributed by atoms with van der Waals surface area (Å²) < 4.78 is 31.2. The van der Waals surface area contributed by atoms with E-state index in [1.165, 1.54) is 6.07 Å². The number of anilines is 1. The lowest BCUT2D eigenvalue weighted by Crippen LogP contribution is -2.04. The van der Waals surface area contributed by atoms with Crippen LogP contribution >= 0.6 is 0 Å². The first-order valence-corrected chi connectivity index (χ1v) is 5.97. The number of ether oxygens (including phenoxy) is 1. The van der Waals surface area contributed by atoms with E-state index < -0.39 is 11.6 Å². The van der Waals surface area contributed by atoms with E-state index in [1.807, 2.05) is 18.2 Å². The average Bonchev–Trinajstić information content (AvgIpc) is 2.47. The smallest absolute Gasteiger partial charge is 0.174 e. The van der Waals surface area contributed by atoms with E-state index in [1.54, 1.807) is 12.1 Å². The van der Waals surface area contributed by atoms with Gasteiger partial charge in [0.05, 0.1) is 0 Å². The van der Waals surface area contributed by atoms with Crippen molar-refractivity contribution < 1.29 is 13.5 Å². The van der Waals surface area contributed by atoms with Crippen molar-refractivity contribution in [1.29, 1.82) is 5.26 Å². The van der Waals surface area contributed by atoms with Crippen molar-refractivity contribution in [3.05, 3.63) is 59.7 Å². The van der Waals surface area contributed by atoms with Crippen molar-refractivity contribution in [2.45, 2.75) is 6.54 Å². The number of benzene rings is 2. The van der Waals surface area contributed by atoms with Crippen molar-refractivity contribution in [3.8, 4) is 11.8 Å². The molecule has 0 aliphatic carbocycles. The van der Waals surface area contributed by atoms with Crippen LogP contribution in [0.25, 0.3) is 0 Å². The summed E-state index contributed by atoms with van der Waals surface area (Å²) in [6.45, 7) is 0.342. The third-order valence-electron chi connectivity index (χ3n) is 2.67. The number of para-hydroxylation sites is 1. The van der Waals surface area contributed by atoms with Crippen LogP contribution in [0.15, 0.2) is 42.5 Å². The molecule has 0 bridgehead atoms. The maximum Gasteiger partial charge on any atom is 0.174 e. The largest absolute Gasteiger partial charge is 0.478 e. The molecule has 1 N–H and O–H groups in total. The number of hydrogen-bond donors (Lipinski definition) is 1. The lowest BCUT2D eigenvalue weighted by Gasteiger charge is -2.11. The van der Waals surface area contributed by atoms with Crippen molar-refractivity contribution in [2.24, 2.45) is 0 Å². The fourth-order valence-electron chi connectivity index (χ4n) is 1.70. The molecule has 0 saturated heterocycles. The number of hydrogen-bond acceptors (Lipinski definition) is 3. The first-order valence-electron chi connectivity index (χ1n) is 5.97. The van der Waals surface area contributed by atoms with Crippen LogP contribution in [-0.4, -0.2) is 6.61 Å². The summed E-state index contributed by atoms with van der Waals surface area (Å²) in [5, 5.41) is 11.5. The molecule has 0 aliphatic heterocycles. The van der Waals surface area contributed by atoms with E-state index in [4.69, 9.17) is 10.00 Å². The Labute approximate surface area is 115 Å². The van der Waals surface area contributed by atoms with Crippen LogP contribution < -0.4 is 10.1 Å². The standard InChI is InChI=1S/C15H12F2N2O/c16-13-6-5-12(9-14(13)17)19-10-11-3-1-2-4-15(11)20-8-7-18/h1-6,9,19H,8,10H2. The summed E-state index contributed by atoms with van der Waals surface area (Å²) in [5.41, 5.74) is 1.30. The topological polar surface area (TPSA) is 45.0 Å². The monoisotopic (exact) mass is 274 g/mol. The molecule has 20 heavy (non-hydrogen) atoms. The molecule has 2 aromatic rings. The minimum absolute atomic E-state index is 0.0395. The third kappa shape index (κ3) is 3.45. The van der Waals surface area contributed by atoms with Gasteiger partial charge in [0.2, 0.25) is 0 Å². The Bertz CT molecular complexity index is 638. The molecule has 5 heteroatoms. The minimum Gasteiger partial charge on any atom is -0.478 e. The molecule has 0 fully saturated rings. The maximum atomic E-state index is 13.1. The van der Waals surface area contributed by atoms with E-state index >= 15 is 0 Å². The zero-order chi connectivity index (χ0) is 14.4. The van der Waals surface area contributed by atoms with E-state index in [0.717, 1.165) is 17.7 Å². The lowest BCUT2D eigenvalue weighted by molar-refractivity contribution is 0.364. The number of nitrogens with zero attached hydrogens (tertiary/aromatic N) is 1. The lowest BCUT2D eigenvalue weighted by atomic mass is 10.2. The van der Waals surface area contributed by atoms with Gasteiger partial charge in [-0.15, -0.1) is 0 Å². The Morgan fingerprint density at radius 3 is 2.65 bits per heavy atom. The second kappa shape index (κ2) is 6.53. The van der Waals surface area contributed by atoms with Gasteiger partial charge in [0, 0.05) is 23.9 Å². The highest BCUT2D eigenvalue weighted by Gasteiger charge is 2.05. The molecule has 0 aliphatic rings. The molecule has 0 unspecified atom stereocenters. The van der Waals surface area contributed by atoms with Crippen molar-refractivity contribution in [3.63, 3.8) is 0 Å². The summed E-state index contributed by atoms with van der Waals surface area (Å²) in [5.74, 6) is -1.19. The predicted octanol–water partition coefficient (Wildman–Crippen LogP) is 3.48. The first-order chi connectivity index (χ1) is 9.70. The molecule has 0 atom stereocenters. The number of nitrogens with one attached hydrogen (secondary N) is 1. The maximum absolute atomic E-state index is 13.1. The Kier molecular flexibility index (Phi) is 4.51. The molecule has 2 aromatic carbocycles. The van der Waals surface area contributed by atoms with Gasteiger partial charge < -0.3 is 10.1 Å². The Morgan fingerprint density at radius 1 is 1.10 bits per heavy atom. The quantitative estimate of drug-likeness (QED) is 0.907. The molecule has 3 nitrogen and oxygen atoms in total. The van der Waals surface area contributed by atoms with Crippen LogP contribution in [-0.2, 0) is 6.54 Å². The minimum atomic E-state index is -0.899. The second-order valence-corrected chi connectivity index (χ2v) is 4.04. The molecule has 0 saturated carbocycles. The molecule has 0 radical (unpaired) electrons. The highest BCUT2D eigenvalue weighted by atomic mass is 19.2. The fourth-order valence-corrected chi connectivity index (χ4v) is 1.70. The molecule has 0 heterocycles. The highest BCUT2D eigenvalue weighted by Crippen LogP contribution is 2.20. The van der Waals surface area contributed by atoms with Crippen molar-refractivity contribution >= 4 is 5.69 Å². The summed E-state index contributed by atoms with van der Waals surface area (Å²) in [6, 6.07) is 12.7. The molecule has 0 amide bonds. The summed E-state index contributed by atoms with van der Waals surface area (Å²) in [7, 11) is 0. The predicted molar refractivity (Wildman–Crippen MR) is 71.2 cm³/mol. The van der Waals surface area contributed by atoms with Gasteiger partial charge in [0.15, 0.2) is 18.2 Å². The fraction of sp³-hybridized carbons (Fsp3) is 0.133. The number of nitriles is 1. The summed E-state index contributed by atoms with van der Waals surface area (Å²) in [6.07, 6.45) is 0. The van der Waals surface area contributed by atoms with E-state index in [9.17, 15) is 8.78 Å². The Hall–Kier alpha value is -2.61.